The van der Waals surface area contributed by atoms with E-state index in [4.69, 9.17) is 4.42 Å². The molecule has 5 aromatic rings. The van der Waals surface area contributed by atoms with Gasteiger partial charge in [-0.15, -0.1) is 10.2 Å². The van der Waals surface area contributed by atoms with Crippen molar-refractivity contribution >= 4 is 34.6 Å². The molecular weight excluding hydrogens is 614 g/mol. The highest BCUT2D eigenvalue weighted by molar-refractivity contribution is 6.02. The predicted molar refractivity (Wildman–Crippen MR) is 162 cm³/mol. The number of piperazine rings is 1. The van der Waals surface area contributed by atoms with E-state index in [0.717, 1.165) is 5.56 Å². The van der Waals surface area contributed by atoms with E-state index < -0.39 is 18.6 Å². The van der Waals surface area contributed by atoms with Gasteiger partial charge in [-0.2, -0.15) is 8.78 Å². The maximum atomic E-state index is 13.5. The first-order valence-electron chi connectivity index (χ1n) is 15.0. The van der Waals surface area contributed by atoms with Crippen LogP contribution in [0.1, 0.15) is 47.3 Å². The second kappa shape index (κ2) is 12.6. The van der Waals surface area contributed by atoms with Gasteiger partial charge in [0.05, 0.1) is 6.04 Å². The number of pyridine rings is 1. The van der Waals surface area contributed by atoms with Crippen molar-refractivity contribution in [2.75, 3.05) is 38.0 Å². The summed E-state index contributed by atoms with van der Waals surface area (Å²) in [6, 6.07) is 16.6. The van der Waals surface area contributed by atoms with Crippen LogP contribution in [0.2, 0.25) is 0 Å². The lowest BCUT2D eigenvalue weighted by Crippen LogP contribution is -2.50. The van der Waals surface area contributed by atoms with Crippen LogP contribution in [0.3, 0.4) is 0 Å². The van der Waals surface area contributed by atoms with E-state index >= 15 is 0 Å². The highest BCUT2D eigenvalue weighted by atomic mass is 19.3. The summed E-state index contributed by atoms with van der Waals surface area (Å²) in [6.45, 7) is -0.930. The van der Waals surface area contributed by atoms with E-state index in [9.17, 15) is 23.2 Å². The van der Waals surface area contributed by atoms with Gasteiger partial charge in [0.1, 0.15) is 11.2 Å². The van der Waals surface area contributed by atoms with E-state index in [-0.39, 0.29) is 34.0 Å². The van der Waals surface area contributed by atoms with Crippen molar-refractivity contribution in [3.05, 3.63) is 83.9 Å². The molecule has 2 saturated heterocycles. The average molecular weight is 643 g/mol. The number of tetrazole rings is 1. The molecule has 0 bridgehead atoms. The first-order chi connectivity index (χ1) is 22.8. The number of rotatable bonds is 7. The van der Waals surface area contributed by atoms with Gasteiger partial charge in [0.25, 0.3) is 5.91 Å². The van der Waals surface area contributed by atoms with E-state index in [0.29, 0.717) is 67.9 Å². The third-order valence-corrected chi connectivity index (χ3v) is 8.13. The monoisotopic (exact) mass is 642 g/mol. The number of likely N-dealkylation sites (tertiary alicyclic amines) is 1. The van der Waals surface area contributed by atoms with Crippen molar-refractivity contribution in [2.24, 2.45) is 0 Å². The largest absolute Gasteiger partial charge is 0.436 e. The topological polar surface area (TPSA) is 155 Å². The lowest BCUT2D eigenvalue weighted by Gasteiger charge is -2.38. The van der Waals surface area contributed by atoms with Crippen LogP contribution in [0, 0.1) is 0 Å². The Balaban J connectivity index is 1.04. The number of carbonyl (C=O) groups is 3. The van der Waals surface area contributed by atoms with E-state index in [1.54, 1.807) is 35.2 Å². The maximum Gasteiger partial charge on any atom is 0.350 e. The molecule has 5 heterocycles. The smallest absolute Gasteiger partial charge is 0.350 e. The Morgan fingerprint density at radius 2 is 1.77 bits per heavy atom. The number of hydrogen-bond acceptors (Lipinski definition) is 10. The van der Waals surface area contributed by atoms with Gasteiger partial charge in [-0.25, -0.2) is 9.78 Å². The Kier molecular flexibility index (Phi) is 8.07. The normalized spacial score (nSPS) is 16.3. The van der Waals surface area contributed by atoms with E-state index in [1.807, 2.05) is 35.2 Å². The van der Waals surface area contributed by atoms with Gasteiger partial charge in [-0.1, -0.05) is 35.1 Å². The summed E-state index contributed by atoms with van der Waals surface area (Å²) >= 11 is 0. The summed E-state index contributed by atoms with van der Waals surface area (Å²) in [5.41, 5.74) is 3.02. The highest BCUT2D eigenvalue weighted by Gasteiger charge is 2.32. The molecule has 0 saturated carbocycles. The summed E-state index contributed by atoms with van der Waals surface area (Å²) < 4.78 is 32.3. The number of oxazole rings is 1. The van der Waals surface area contributed by atoms with Gasteiger partial charge in [0.2, 0.25) is 11.8 Å². The first-order valence-corrected chi connectivity index (χ1v) is 15.0. The number of amides is 4. The molecule has 2 fully saturated rings. The zero-order valence-corrected chi connectivity index (χ0v) is 24.9. The summed E-state index contributed by atoms with van der Waals surface area (Å²) in [5, 5.41) is 14.1. The van der Waals surface area contributed by atoms with Gasteiger partial charge in [-0.3, -0.25) is 24.4 Å². The van der Waals surface area contributed by atoms with Crippen LogP contribution in [-0.2, 0) is 4.79 Å². The first kappa shape index (κ1) is 30.0. The van der Waals surface area contributed by atoms with Gasteiger partial charge in [-0.05, 0) is 47.5 Å². The number of alkyl halides is 2. The SMILES string of the molecule is O=C(c1cc(-c2nc3cc(NC(=O)N4CCCC4=O)ccc3o2)ccn1)N1CCN([C@H](c2ccccc2)c2nnn(C(F)F)n2)CC1. The van der Waals surface area contributed by atoms with Crippen molar-refractivity contribution in [1.82, 2.24) is 44.9 Å². The predicted octanol–water partition coefficient (Wildman–Crippen LogP) is 3.97. The summed E-state index contributed by atoms with van der Waals surface area (Å²) in [4.78, 5) is 52.0. The Labute approximate surface area is 266 Å². The number of anilines is 1. The molecule has 1 atom stereocenters. The zero-order valence-electron chi connectivity index (χ0n) is 24.9. The molecule has 2 aliphatic heterocycles. The van der Waals surface area contributed by atoms with Crippen LogP contribution in [0.5, 0.6) is 0 Å². The van der Waals surface area contributed by atoms with E-state index in [2.05, 4.69) is 30.7 Å². The summed E-state index contributed by atoms with van der Waals surface area (Å²) in [5.74, 6) is -0.0552. The third-order valence-electron chi connectivity index (χ3n) is 8.13. The molecule has 0 spiro atoms. The standard InChI is InChI=1S/C31H28F2N10O4/c32-30(33)43-38-27(37-39-43)26(19-5-2-1-3-6-19)40-13-15-41(16-14-40)29(45)23-17-20(10-11-34-23)28-36-22-18-21(8-9-24(22)47-28)35-31(46)42-12-4-7-25(42)44/h1-3,5-6,8-11,17-18,26,30H,4,7,12-16H2,(H,35,46)/t26-/m1/s1. The fraction of sp³-hybridized carbons (Fsp3) is 0.290. The molecule has 14 nitrogen and oxygen atoms in total. The van der Waals surface area contributed by atoms with Crippen molar-refractivity contribution < 1.29 is 27.6 Å². The quantitative estimate of drug-likeness (QED) is 0.276. The van der Waals surface area contributed by atoms with Crippen LogP contribution in [0.4, 0.5) is 19.3 Å². The van der Waals surface area contributed by atoms with E-state index in [1.165, 1.54) is 11.1 Å². The van der Waals surface area contributed by atoms with Crippen molar-refractivity contribution in [3.63, 3.8) is 0 Å². The molecule has 240 valence electrons. The molecule has 3 aromatic heterocycles. The summed E-state index contributed by atoms with van der Waals surface area (Å²) in [6.07, 6.45) is 2.51. The molecule has 0 radical (unpaired) electrons. The number of hydrogen-bond donors (Lipinski definition) is 1. The highest BCUT2D eigenvalue weighted by Crippen LogP contribution is 2.29. The van der Waals surface area contributed by atoms with Crippen molar-refractivity contribution in [2.45, 2.75) is 25.4 Å². The van der Waals surface area contributed by atoms with Crippen LogP contribution < -0.4 is 5.32 Å². The average Bonchev–Trinajstić information content (AvgIpc) is 3.86. The number of aromatic nitrogens is 6. The van der Waals surface area contributed by atoms with Crippen LogP contribution >= 0.6 is 0 Å². The molecule has 16 heteroatoms. The third kappa shape index (κ3) is 6.14. The second-order valence-corrected chi connectivity index (χ2v) is 11.1. The van der Waals surface area contributed by atoms with Crippen molar-refractivity contribution in [3.8, 4) is 11.5 Å². The minimum absolute atomic E-state index is 0.153. The molecule has 4 amide bonds. The van der Waals surface area contributed by atoms with Gasteiger partial charge < -0.3 is 14.6 Å². The number of halogens is 2. The van der Waals surface area contributed by atoms with Gasteiger partial charge in [0.15, 0.2) is 11.4 Å². The van der Waals surface area contributed by atoms with Crippen LogP contribution in [-0.4, -0.2) is 95.4 Å². The Morgan fingerprint density at radius 1 is 0.957 bits per heavy atom. The number of urea groups is 1. The number of imide groups is 1. The minimum atomic E-state index is -2.90. The number of carbonyl (C=O) groups excluding carboxylic acids is 3. The lowest BCUT2D eigenvalue weighted by atomic mass is 10.0. The molecule has 0 aliphatic carbocycles. The number of nitrogens with zero attached hydrogens (tertiary/aromatic N) is 9. The molecule has 0 unspecified atom stereocenters. The number of fused-ring (bicyclic) bond motifs is 1. The Bertz CT molecular complexity index is 1940. The van der Waals surface area contributed by atoms with Crippen LogP contribution in [0.25, 0.3) is 22.6 Å². The summed E-state index contributed by atoms with van der Waals surface area (Å²) in [7, 11) is 0. The Morgan fingerprint density at radius 3 is 2.49 bits per heavy atom. The Hall–Kier alpha value is -5.64. The second-order valence-electron chi connectivity index (χ2n) is 11.1. The zero-order chi connectivity index (χ0) is 32.5. The molecule has 47 heavy (non-hydrogen) atoms. The molecule has 7 rings (SSSR count). The van der Waals surface area contributed by atoms with Crippen molar-refractivity contribution in [1.29, 1.82) is 0 Å². The molecule has 2 aromatic carbocycles. The number of benzene rings is 2. The van der Waals surface area contributed by atoms with Crippen LogP contribution in [0.15, 0.2) is 71.3 Å². The number of nitrogens with one attached hydrogen (secondary N) is 1. The minimum Gasteiger partial charge on any atom is -0.436 e. The van der Waals surface area contributed by atoms with Gasteiger partial charge >= 0.3 is 12.6 Å². The molecule has 2 aliphatic rings. The lowest BCUT2D eigenvalue weighted by molar-refractivity contribution is -0.125. The molecular formula is C31H28F2N10O4. The van der Waals surface area contributed by atoms with Gasteiger partial charge in [0, 0.05) is 56.6 Å². The molecule has 1 N–H and O–H groups in total. The fourth-order valence-corrected chi connectivity index (χ4v) is 5.80. The maximum absolute atomic E-state index is 13.5. The fourth-order valence-electron chi connectivity index (χ4n) is 5.80.